The summed E-state index contributed by atoms with van der Waals surface area (Å²) in [4.78, 5) is 6.88. The minimum absolute atomic E-state index is 1.04. The molecule has 0 spiro atoms. The van der Waals surface area contributed by atoms with Gasteiger partial charge in [-0.1, -0.05) is 18.2 Å². The molecule has 0 unspecified atom stereocenters. The third-order valence-corrected chi connectivity index (χ3v) is 4.22. The summed E-state index contributed by atoms with van der Waals surface area (Å²) in [5.74, 6) is 0. The fourth-order valence-corrected chi connectivity index (χ4v) is 2.79. The van der Waals surface area contributed by atoms with Crippen LogP contribution in [0.15, 0.2) is 55.1 Å². The van der Waals surface area contributed by atoms with Crippen molar-refractivity contribution in [2.75, 3.05) is 6.26 Å². The molecule has 2 aromatic rings. The maximum atomic E-state index is 4.41. The number of allylic oxidation sites excluding steroid dienone is 1. The van der Waals surface area contributed by atoms with Crippen LogP contribution in [-0.2, 0) is 0 Å². The van der Waals surface area contributed by atoms with Crippen molar-refractivity contribution >= 4 is 40.2 Å². The fraction of sp³-hybridized carbons (Fsp3) is 0.118. The quantitative estimate of drug-likeness (QED) is 0.658. The molecule has 0 saturated heterocycles. The summed E-state index contributed by atoms with van der Waals surface area (Å²) in [6, 6.07) is 8.33. The van der Waals surface area contributed by atoms with E-state index in [0.29, 0.717) is 0 Å². The summed E-state index contributed by atoms with van der Waals surface area (Å²) in [7, 11) is 0. The van der Waals surface area contributed by atoms with Gasteiger partial charge in [-0.05, 0) is 48.4 Å². The average Bonchev–Trinajstić information content (AvgIpc) is 3.02. The van der Waals surface area contributed by atoms with Crippen molar-refractivity contribution in [1.82, 2.24) is 4.98 Å². The molecule has 0 bridgehead atoms. The van der Waals surface area contributed by atoms with Gasteiger partial charge in [-0.2, -0.15) is 0 Å². The summed E-state index contributed by atoms with van der Waals surface area (Å²) in [5.41, 5.74) is 2.22. The second-order valence-electron chi connectivity index (χ2n) is 3.68. The Morgan fingerprint density at radius 2 is 2.10 bits per heavy atom. The van der Waals surface area contributed by atoms with Crippen LogP contribution < -0.4 is 0 Å². The molecule has 0 atom stereocenters. The zero-order chi connectivity index (χ0) is 14.8. The van der Waals surface area contributed by atoms with E-state index >= 15 is 0 Å². The van der Waals surface area contributed by atoms with Crippen LogP contribution in [0.1, 0.15) is 23.1 Å². The topological polar surface area (TPSA) is 12.9 Å². The van der Waals surface area contributed by atoms with Crippen molar-refractivity contribution in [2.24, 2.45) is 0 Å². The second kappa shape index (κ2) is 9.34. The Hall–Kier alpha value is -1.58. The molecule has 0 saturated carbocycles. The fourth-order valence-electron chi connectivity index (χ4n) is 1.62. The number of aromatic nitrogens is 1. The molecule has 0 fully saturated rings. The zero-order valence-corrected chi connectivity index (χ0v) is 13.5. The van der Waals surface area contributed by atoms with Crippen LogP contribution in [0.3, 0.4) is 0 Å². The van der Waals surface area contributed by atoms with Gasteiger partial charge in [0, 0.05) is 16.0 Å². The number of hydrogen-bond donors (Lipinski definition) is 0. The lowest BCUT2D eigenvalue weighted by Crippen LogP contribution is -1.86. The highest BCUT2D eigenvalue weighted by Gasteiger charge is 2.00. The molecule has 104 valence electrons. The van der Waals surface area contributed by atoms with E-state index in [0.717, 1.165) is 5.69 Å². The molecule has 2 aromatic heterocycles. The Kier molecular flexibility index (Phi) is 7.70. The highest BCUT2D eigenvalue weighted by molar-refractivity contribution is 8.07. The Labute approximate surface area is 129 Å². The van der Waals surface area contributed by atoms with Gasteiger partial charge in [0.05, 0.1) is 5.69 Å². The number of hydrogen-bond acceptors (Lipinski definition) is 3. The number of rotatable bonds is 4. The first-order valence-electron chi connectivity index (χ1n) is 6.22. The first-order valence-corrected chi connectivity index (χ1v) is 8.32. The molecule has 0 radical (unpaired) electrons. The first kappa shape index (κ1) is 16.5. The minimum atomic E-state index is 1.04. The highest BCUT2D eigenvalue weighted by Crippen LogP contribution is 2.24. The van der Waals surface area contributed by atoms with Crippen molar-refractivity contribution < 1.29 is 0 Å². The van der Waals surface area contributed by atoms with E-state index in [-0.39, 0.29) is 0 Å². The first-order chi connectivity index (χ1) is 9.83. The van der Waals surface area contributed by atoms with Crippen molar-refractivity contribution in [2.45, 2.75) is 6.92 Å². The second-order valence-corrected chi connectivity index (χ2v) is 5.51. The van der Waals surface area contributed by atoms with Crippen LogP contribution in [-0.4, -0.2) is 11.2 Å². The Morgan fingerprint density at radius 1 is 1.30 bits per heavy atom. The molecule has 2 heterocycles. The van der Waals surface area contributed by atoms with Crippen LogP contribution in [0.5, 0.6) is 0 Å². The number of nitrogens with zero attached hydrogens (tertiary/aromatic N) is 1. The van der Waals surface area contributed by atoms with Gasteiger partial charge < -0.3 is 0 Å². The average molecular weight is 301 g/mol. The van der Waals surface area contributed by atoms with Gasteiger partial charge in [0.15, 0.2) is 0 Å². The van der Waals surface area contributed by atoms with E-state index in [2.05, 4.69) is 66.2 Å². The lowest BCUT2D eigenvalue weighted by atomic mass is 10.2. The predicted molar refractivity (Wildman–Crippen MR) is 95.9 cm³/mol. The standard InChI is InChI=1S/C15H15NS2.C2H4/c1-3-15(17-2)14-11-12(8-9-16-14)6-7-13-5-4-10-18-13;1-2/h3-11H,1-2H3;1-2H2/b7-6+,15-3-;. The summed E-state index contributed by atoms with van der Waals surface area (Å²) in [5, 5.41) is 2.09. The van der Waals surface area contributed by atoms with Crippen LogP contribution in [0.4, 0.5) is 0 Å². The third-order valence-electron chi connectivity index (χ3n) is 2.50. The van der Waals surface area contributed by atoms with Gasteiger partial charge in [0.2, 0.25) is 0 Å². The predicted octanol–water partition coefficient (Wildman–Crippen LogP) is 5.84. The van der Waals surface area contributed by atoms with Crippen LogP contribution >= 0.6 is 23.1 Å². The van der Waals surface area contributed by atoms with E-state index in [1.807, 2.05) is 19.2 Å². The summed E-state index contributed by atoms with van der Waals surface area (Å²) < 4.78 is 0. The third kappa shape index (κ3) is 4.83. The maximum absolute atomic E-state index is 4.41. The summed E-state index contributed by atoms with van der Waals surface area (Å²) in [6.45, 7) is 8.04. The molecular weight excluding hydrogens is 282 g/mol. The lowest BCUT2D eigenvalue weighted by molar-refractivity contribution is 1.28. The van der Waals surface area contributed by atoms with Crippen molar-refractivity contribution in [1.29, 1.82) is 0 Å². The maximum Gasteiger partial charge on any atom is 0.0767 e. The monoisotopic (exact) mass is 301 g/mol. The molecule has 0 N–H and O–H groups in total. The highest BCUT2D eigenvalue weighted by atomic mass is 32.2. The van der Waals surface area contributed by atoms with Crippen molar-refractivity contribution in [3.8, 4) is 0 Å². The van der Waals surface area contributed by atoms with Gasteiger partial charge in [-0.25, -0.2) is 0 Å². The Bertz CT molecular complexity index is 568. The van der Waals surface area contributed by atoms with E-state index in [1.54, 1.807) is 23.1 Å². The van der Waals surface area contributed by atoms with Crippen LogP contribution in [0, 0.1) is 0 Å². The van der Waals surface area contributed by atoms with Crippen molar-refractivity contribution in [3.63, 3.8) is 0 Å². The van der Waals surface area contributed by atoms with Crippen LogP contribution in [0.25, 0.3) is 17.1 Å². The lowest BCUT2D eigenvalue weighted by Gasteiger charge is -2.03. The molecule has 0 aromatic carbocycles. The van der Waals surface area contributed by atoms with E-state index in [1.165, 1.54) is 15.3 Å². The number of pyridine rings is 1. The molecule has 0 aliphatic rings. The van der Waals surface area contributed by atoms with Gasteiger partial charge in [0.25, 0.3) is 0 Å². The minimum Gasteiger partial charge on any atom is -0.256 e. The Morgan fingerprint density at radius 3 is 2.70 bits per heavy atom. The number of thiophene rings is 1. The van der Waals surface area contributed by atoms with Gasteiger partial charge in [-0.3, -0.25) is 4.98 Å². The summed E-state index contributed by atoms with van der Waals surface area (Å²) in [6.07, 6.45) is 10.3. The largest absolute Gasteiger partial charge is 0.256 e. The molecular formula is C17H19NS2. The van der Waals surface area contributed by atoms with Gasteiger partial charge in [0.1, 0.15) is 0 Å². The van der Waals surface area contributed by atoms with Crippen LogP contribution in [0.2, 0.25) is 0 Å². The van der Waals surface area contributed by atoms with Gasteiger partial charge in [-0.15, -0.1) is 36.3 Å². The molecule has 20 heavy (non-hydrogen) atoms. The zero-order valence-electron chi connectivity index (χ0n) is 11.9. The number of thioether (sulfide) groups is 1. The van der Waals surface area contributed by atoms with E-state index < -0.39 is 0 Å². The molecule has 0 aliphatic carbocycles. The molecule has 0 aliphatic heterocycles. The smallest absolute Gasteiger partial charge is 0.0767 e. The van der Waals surface area contributed by atoms with E-state index in [9.17, 15) is 0 Å². The normalized spacial score (nSPS) is 11.2. The SMILES string of the molecule is C/C=C(\SC)c1cc(/C=C/c2cccs2)ccn1.C=C. The Balaban J connectivity index is 0.000000956. The van der Waals surface area contributed by atoms with Crippen molar-refractivity contribution in [3.05, 3.63) is 71.2 Å². The molecule has 3 heteroatoms. The molecule has 1 nitrogen and oxygen atoms in total. The van der Waals surface area contributed by atoms with E-state index in [4.69, 9.17) is 0 Å². The summed E-state index contributed by atoms with van der Waals surface area (Å²) >= 11 is 3.47. The molecule has 0 amide bonds. The van der Waals surface area contributed by atoms with Gasteiger partial charge >= 0.3 is 0 Å². The molecule has 2 rings (SSSR count).